The molecule has 6 heteroatoms. The molecular weight excluding hydrogens is 214 g/mol. The quantitative estimate of drug-likeness (QED) is 0.591. The van der Waals surface area contributed by atoms with E-state index in [1.54, 1.807) is 24.5 Å². The zero-order chi connectivity index (χ0) is 10.8. The highest BCUT2D eigenvalue weighted by molar-refractivity contribution is 6.30. The minimum Gasteiger partial charge on any atom is -0.384 e. The molecule has 0 aliphatic heterocycles. The number of pyridine rings is 1. The summed E-state index contributed by atoms with van der Waals surface area (Å²) in [6, 6.07) is 3.34. The number of hydrogen-bond acceptors (Lipinski definition) is 3. The smallest absolute Gasteiger partial charge is 0.154 e. The molecular formula is C9H8ClN5. The highest BCUT2D eigenvalue weighted by Gasteiger charge is 2.03. The van der Waals surface area contributed by atoms with Gasteiger partial charge in [0.2, 0.25) is 0 Å². The van der Waals surface area contributed by atoms with E-state index in [0.29, 0.717) is 16.4 Å². The zero-order valence-corrected chi connectivity index (χ0v) is 8.44. The van der Waals surface area contributed by atoms with E-state index in [1.165, 1.54) is 10.9 Å². The van der Waals surface area contributed by atoms with Crippen molar-refractivity contribution in [1.82, 2.24) is 14.8 Å². The first kappa shape index (κ1) is 9.67. The maximum absolute atomic E-state index is 7.29. The van der Waals surface area contributed by atoms with Crippen LogP contribution in [0.5, 0.6) is 0 Å². The second-order valence-corrected chi connectivity index (χ2v) is 3.36. The van der Waals surface area contributed by atoms with Crippen LogP contribution in [0.25, 0.3) is 5.82 Å². The van der Waals surface area contributed by atoms with Gasteiger partial charge in [-0.05, 0) is 12.1 Å². The normalized spacial score (nSPS) is 10.2. The molecule has 0 unspecified atom stereocenters. The lowest BCUT2D eigenvalue weighted by Gasteiger charge is -2.02. The van der Waals surface area contributed by atoms with Gasteiger partial charge in [0.15, 0.2) is 5.82 Å². The number of amidine groups is 1. The summed E-state index contributed by atoms with van der Waals surface area (Å²) in [5, 5.41) is 11.8. The van der Waals surface area contributed by atoms with Gasteiger partial charge < -0.3 is 5.73 Å². The first-order chi connectivity index (χ1) is 7.16. The standard InChI is InChI=1S/C9H8ClN5/c10-7-4-14-15(5-7)8-3-6(9(11)12)1-2-13-8/h1-5H,(H3,11,12). The fourth-order valence-corrected chi connectivity index (χ4v) is 1.27. The van der Waals surface area contributed by atoms with Crippen LogP contribution in [0.3, 0.4) is 0 Å². The maximum Gasteiger partial charge on any atom is 0.154 e. The van der Waals surface area contributed by atoms with Crippen LogP contribution in [0.15, 0.2) is 30.7 Å². The van der Waals surface area contributed by atoms with Gasteiger partial charge in [0, 0.05) is 11.8 Å². The summed E-state index contributed by atoms with van der Waals surface area (Å²) in [6.07, 6.45) is 4.72. The average Bonchev–Trinajstić information content (AvgIpc) is 2.65. The summed E-state index contributed by atoms with van der Waals surface area (Å²) >= 11 is 5.73. The first-order valence-corrected chi connectivity index (χ1v) is 4.55. The summed E-state index contributed by atoms with van der Waals surface area (Å²) in [6.45, 7) is 0. The first-order valence-electron chi connectivity index (χ1n) is 4.18. The SMILES string of the molecule is N=C(N)c1ccnc(-n2cc(Cl)cn2)c1. The molecule has 3 N–H and O–H groups in total. The van der Waals surface area contributed by atoms with Gasteiger partial charge >= 0.3 is 0 Å². The maximum atomic E-state index is 7.29. The van der Waals surface area contributed by atoms with Crippen molar-refractivity contribution in [3.63, 3.8) is 0 Å². The van der Waals surface area contributed by atoms with Crippen LogP contribution in [-0.2, 0) is 0 Å². The van der Waals surface area contributed by atoms with Crippen LogP contribution in [0.1, 0.15) is 5.56 Å². The Bertz CT molecular complexity index is 505. The monoisotopic (exact) mass is 221 g/mol. The number of rotatable bonds is 2. The van der Waals surface area contributed by atoms with Gasteiger partial charge in [0.05, 0.1) is 17.4 Å². The summed E-state index contributed by atoms with van der Waals surface area (Å²) in [4.78, 5) is 4.09. The summed E-state index contributed by atoms with van der Waals surface area (Å²) in [5.74, 6) is 0.575. The van der Waals surface area contributed by atoms with Gasteiger partial charge in [-0.3, -0.25) is 5.41 Å². The number of nitrogens with one attached hydrogen (secondary N) is 1. The molecule has 5 nitrogen and oxygen atoms in total. The zero-order valence-electron chi connectivity index (χ0n) is 7.68. The molecule has 0 bridgehead atoms. The predicted octanol–water partition coefficient (Wildman–Crippen LogP) is 1.20. The van der Waals surface area contributed by atoms with E-state index in [1.807, 2.05) is 0 Å². The van der Waals surface area contributed by atoms with E-state index in [2.05, 4.69) is 10.1 Å². The molecule has 0 atom stereocenters. The van der Waals surface area contributed by atoms with E-state index >= 15 is 0 Å². The van der Waals surface area contributed by atoms with Crippen LogP contribution in [0.4, 0.5) is 0 Å². The second kappa shape index (κ2) is 3.70. The van der Waals surface area contributed by atoms with Crippen molar-refractivity contribution in [2.75, 3.05) is 0 Å². The number of nitrogen functional groups attached to an aromatic ring is 1. The van der Waals surface area contributed by atoms with Crippen LogP contribution in [-0.4, -0.2) is 20.6 Å². The van der Waals surface area contributed by atoms with Crippen molar-refractivity contribution in [2.45, 2.75) is 0 Å². The Hall–Kier alpha value is -1.88. The Labute approximate surface area is 91.0 Å². The third-order valence-electron chi connectivity index (χ3n) is 1.84. The van der Waals surface area contributed by atoms with Gasteiger partial charge in [-0.25, -0.2) is 9.67 Å². The minimum absolute atomic E-state index is 0.00287. The van der Waals surface area contributed by atoms with Crippen molar-refractivity contribution >= 4 is 17.4 Å². The van der Waals surface area contributed by atoms with Crippen molar-refractivity contribution in [2.24, 2.45) is 5.73 Å². The van der Waals surface area contributed by atoms with Gasteiger partial charge in [0.1, 0.15) is 5.84 Å². The molecule has 0 radical (unpaired) electrons. The number of nitrogens with zero attached hydrogens (tertiary/aromatic N) is 3. The van der Waals surface area contributed by atoms with Gasteiger partial charge in [-0.2, -0.15) is 5.10 Å². The largest absolute Gasteiger partial charge is 0.384 e. The topological polar surface area (TPSA) is 80.6 Å². The fourth-order valence-electron chi connectivity index (χ4n) is 1.14. The van der Waals surface area contributed by atoms with Gasteiger partial charge in [-0.15, -0.1) is 0 Å². The van der Waals surface area contributed by atoms with Gasteiger partial charge in [-0.1, -0.05) is 11.6 Å². The summed E-state index contributed by atoms with van der Waals surface area (Å²) < 4.78 is 1.52. The molecule has 0 aliphatic rings. The van der Waals surface area contributed by atoms with E-state index in [9.17, 15) is 0 Å². The molecule has 2 heterocycles. The Kier molecular flexibility index (Phi) is 2.39. The van der Waals surface area contributed by atoms with E-state index < -0.39 is 0 Å². The van der Waals surface area contributed by atoms with E-state index in [0.717, 1.165) is 0 Å². The third kappa shape index (κ3) is 1.97. The van der Waals surface area contributed by atoms with Crippen LogP contribution >= 0.6 is 11.6 Å². The number of hydrogen-bond donors (Lipinski definition) is 2. The summed E-state index contributed by atoms with van der Waals surface area (Å²) in [7, 11) is 0. The van der Waals surface area contributed by atoms with Crippen molar-refractivity contribution in [3.8, 4) is 5.82 Å². The lowest BCUT2D eigenvalue weighted by atomic mass is 10.2. The fraction of sp³-hybridized carbons (Fsp3) is 0. The minimum atomic E-state index is -0.00287. The molecule has 0 aromatic carbocycles. The Morgan fingerprint density at radius 3 is 2.93 bits per heavy atom. The Balaban J connectivity index is 2.45. The van der Waals surface area contributed by atoms with Crippen molar-refractivity contribution < 1.29 is 0 Å². The predicted molar refractivity (Wildman–Crippen MR) is 57.4 cm³/mol. The van der Waals surface area contributed by atoms with Crippen LogP contribution < -0.4 is 5.73 Å². The molecule has 15 heavy (non-hydrogen) atoms. The molecule has 2 rings (SSSR count). The molecule has 0 amide bonds. The van der Waals surface area contributed by atoms with Crippen LogP contribution in [0.2, 0.25) is 5.02 Å². The number of nitrogens with two attached hydrogens (primary N) is 1. The second-order valence-electron chi connectivity index (χ2n) is 2.92. The van der Waals surface area contributed by atoms with E-state index in [-0.39, 0.29) is 5.84 Å². The van der Waals surface area contributed by atoms with Crippen LogP contribution in [0, 0.1) is 5.41 Å². The highest BCUT2D eigenvalue weighted by atomic mass is 35.5. The molecule has 2 aromatic heterocycles. The van der Waals surface area contributed by atoms with Crippen molar-refractivity contribution in [1.29, 1.82) is 5.41 Å². The number of aromatic nitrogens is 3. The average molecular weight is 222 g/mol. The number of halogens is 1. The lowest BCUT2D eigenvalue weighted by Crippen LogP contribution is -2.12. The highest BCUT2D eigenvalue weighted by Crippen LogP contribution is 2.10. The lowest BCUT2D eigenvalue weighted by molar-refractivity contribution is 0.846. The van der Waals surface area contributed by atoms with E-state index in [4.69, 9.17) is 22.7 Å². The third-order valence-corrected chi connectivity index (χ3v) is 2.04. The molecule has 2 aromatic rings. The summed E-state index contributed by atoms with van der Waals surface area (Å²) in [5.41, 5.74) is 5.97. The molecule has 0 fully saturated rings. The molecule has 0 saturated carbocycles. The van der Waals surface area contributed by atoms with Crippen molar-refractivity contribution in [3.05, 3.63) is 41.3 Å². The van der Waals surface area contributed by atoms with Gasteiger partial charge in [0.25, 0.3) is 0 Å². The molecule has 76 valence electrons. The Morgan fingerprint density at radius 1 is 1.53 bits per heavy atom. The molecule has 0 saturated heterocycles. The molecule has 0 aliphatic carbocycles. The molecule has 0 spiro atoms. The Morgan fingerprint density at radius 2 is 2.33 bits per heavy atom.